The highest BCUT2D eigenvalue weighted by molar-refractivity contribution is 5.58. The molecule has 2 atom stereocenters. The van der Waals surface area contributed by atoms with Crippen molar-refractivity contribution in [3.8, 4) is 0 Å². The summed E-state index contributed by atoms with van der Waals surface area (Å²) in [6.45, 7) is 4.96. The molecule has 0 aliphatic rings. The molecule has 0 aliphatic heterocycles. The van der Waals surface area contributed by atoms with E-state index in [-0.39, 0.29) is 6.04 Å². The number of hydrogen-bond donors (Lipinski definition) is 1. The van der Waals surface area contributed by atoms with Crippen LogP contribution in [0.5, 0.6) is 0 Å². The molecule has 0 saturated carbocycles. The summed E-state index contributed by atoms with van der Waals surface area (Å²) in [4.78, 5) is 10.9. The highest BCUT2D eigenvalue weighted by atomic mass is 16.1. The van der Waals surface area contributed by atoms with Crippen LogP contribution in [0.2, 0.25) is 0 Å². The van der Waals surface area contributed by atoms with E-state index in [0.717, 1.165) is 19.3 Å². The maximum atomic E-state index is 10.9. The fourth-order valence-corrected chi connectivity index (χ4v) is 1.47. The predicted octanol–water partition coefficient (Wildman–Crippen LogP) is 2.39. The van der Waals surface area contributed by atoms with Crippen LogP contribution in [0.1, 0.15) is 25.8 Å². The molecule has 1 rings (SSSR count). The molecule has 0 aliphatic carbocycles. The second-order valence-corrected chi connectivity index (χ2v) is 3.91. The van der Waals surface area contributed by atoms with Crippen molar-refractivity contribution in [2.24, 2.45) is 5.92 Å². The minimum absolute atomic E-state index is 0.0322. The van der Waals surface area contributed by atoms with Crippen molar-refractivity contribution < 1.29 is 4.79 Å². The second kappa shape index (κ2) is 6.36. The van der Waals surface area contributed by atoms with Gasteiger partial charge in [-0.2, -0.15) is 0 Å². The molecule has 1 aromatic rings. The molecule has 0 aromatic heterocycles. The quantitative estimate of drug-likeness (QED) is 0.722. The Morgan fingerprint density at radius 3 is 2.53 bits per heavy atom. The van der Waals surface area contributed by atoms with Crippen molar-refractivity contribution in [1.29, 1.82) is 0 Å². The number of hydrogen-bond acceptors (Lipinski definition) is 2. The van der Waals surface area contributed by atoms with E-state index in [1.165, 1.54) is 5.56 Å². The Morgan fingerprint density at radius 2 is 2.00 bits per heavy atom. The van der Waals surface area contributed by atoms with Crippen molar-refractivity contribution in [2.75, 3.05) is 0 Å². The van der Waals surface area contributed by atoms with Crippen LogP contribution in [0.4, 0.5) is 0 Å². The molecule has 0 fully saturated rings. The average molecular weight is 205 g/mol. The maximum absolute atomic E-state index is 10.9. The summed E-state index contributed by atoms with van der Waals surface area (Å²) in [7, 11) is 0. The molecule has 0 amide bonds. The van der Waals surface area contributed by atoms with Crippen LogP contribution in [0.15, 0.2) is 30.3 Å². The first-order chi connectivity index (χ1) is 7.27. The number of nitrogens with one attached hydrogen (secondary N) is 1. The van der Waals surface area contributed by atoms with Gasteiger partial charge in [0.2, 0.25) is 0 Å². The Kier molecular flexibility index (Phi) is 5.05. The summed E-state index contributed by atoms with van der Waals surface area (Å²) in [5.74, 6) is 0.395. The van der Waals surface area contributed by atoms with Gasteiger partial charge in [-0.05, 0) is 11.5 Å². The third-order valence-electron chi connectivity index (χ3n) is 2.79. The summed E-state index contributed by atoms with van der Waals surface area (Å²) in [5.41, 5.74) is 1.22. The monoisotopic (exact) mass is 205 g/mol. The standard InChI is InChI=1S/C13H19NO/c1-3-11(2)13(10-15)14-9-12-7-5-4-6-8-12/h4-8,10-11,13-14H,3,9H2,1-2H3. The normalized spacial score (nSPS) is 14.5. The Balaban J connectivity index is 2.44. The molecule has 2 nitrogen and oxygen atoms in total. The van der Waals surface area contributed by atoms with Gasteiger partial charge < -0.3 is 10.1 Å². The first kappa shape index (κ1) is 11.9. The van der Waals surface area contributed by atoms with Crippen molar-refractivity contribution in [2.45, 2.75) is 32.9 Å². The first-order valence-corrected chi connectivity index (χ1v) is 5.50. The summed E-state index contributed by atoms with van der Waals surface area (Å²) >= 11 is 0. The second-order valence-electron chi connectivity index (χ2n) is 3.91. The van der Waals surface area contributed by atoms with Crippen LogP contribution in [-0.2, 0) is 11.3 Å². The molecule has 0 bridgehead atoms. The Hall–Kier alpha value is -1.15. The molecule has 0 spiro atoms. The van der Waals surface area contributed by atoms with Crippen molar-refractivity contribution >= 4 is 6.29 Å². The van der Waals surface area contributed by atoms with Gasteiger partial charge in [0.25, 0.3) is 0 Å². The molecule has 15 heavy (non-hydrogen) atoms. The van der Waals surface area contributed by atoms with Crippen LogP contribution in [0.25, 0.3) is 0 Å². The molecule has 2 heteroatoms. The highest BCUT2D eigenvalue weighted by Crippen LogP contribution is 2.06. The van der Waals surface area contributed by atoms with Crippen molar-refractivity contribution in [1.82, 2.24) is 5.32 Å². The van der Waals surface area contributed by atoms with Gasteiger partial charge in [-0.25, -0.2) is 0 Å². The third-order valence-corrected chi connectivity index (χ3v) is 2.79. The lowest BCUT2D eigenvalue weighted by Gasteiger charge is -2.18. The smallest absolute Gasteiger partial charge is 0.137 e. The summed E-state index contributed by atoms with van der Waals surface area (Å²) in [5, 5.41) is 3.27. The Labute approximate surface area is 91.7 Å². The van der Waals surface area contributed by atoms with Gasteiger partial charge in [0, 0.05) is 6.54 Å². The van der Waals surface area contributed by atoms with Gasteiger partial charge in [-0.15, -0.1) is 0 Å². The van der Waals surface area contributed by atoms with E-state index in [1.807, 2.05) is 18.2 Å². The minimum Gasteiger partial charge on any atom is -0.303 e. The van der Waals surface area contributed by atoms with E-state index in [9.17, 15) is 4.79 Å². The number of benzene rings is 1. The van der Waals surface area contributed by atoms with E-state index in [1.54, 1.807) is 0 Å². The zero-order valence-corrected chi connectivity index (χ0v) is 9.44. The SMILES string of the molecule is CCC(C)C(C=O)NCc1ccccc1. The van der Waals surface area contributed by atoms with Crippen LogP contribution >= 0.6 is 0 Å². The van der Waals surface area contributed by atoms with Crippen molar-refractivity contribution in [3.05, 3.63) is 35.9 Å². The fourth-order valence-electron chi connectivity index (χ4n) is 1.47. The van der Waals surface area contributed by atoms with E-state index in [4.69, 9.17) is 0 Å². The molecule has 0 heterocycles. The zero-order valence-electron chi connectivity index (χ0n) is 9.44. The molecule has 0 saturated heterocycles. The van der Waals surface area contributed by atoms with Crippen LogP contribution in [-0.4, -0.2) is 12.3 Å². The Morgan fingerprint density at radius 1 is 1.33 bits per heavy atom. The number of rotatable bonds is 6. The molecule has 2 unspecified atom stereocenters. The van der Waals surface area contributed by atoms with Gasteiger partial charge >= 0.3 is 0 Å². The highest BCUT2D eigenvalue weighted by Gasteiger charge is 2.13. The summed E-state index contributed by atoms with van der Waals surface area (Å²) < 4.78 is 0. The third kappa shape index (κ3) is 3.84. The van der Waals surface area contributed by atoms with E-state index in [2.05, 4.69) is 31.3 Å². The Bertz CT molecular complexity index is 284. The first-order valence-electron chi connectivity index (χ1n) is 5.50. The average Bonchev–Trinajstić information content (AvgIpc) is 2.31. The van der Waals surface area contributed by atoms with Gasteiger partial charge in [0.15, 0.2) is 0 Å². The largest absolute Gasteiger partial charge is 0.303 e. The van der Waals surface area contributed by atoms with E-state index in [0.29, 0.717) is 5.92 Å². The fraction of sp³-hybridized carbons (Fsp3) is 0.462. The lowest BCUT2D eigenvalue weighted by Crippen LogP contribution is -2.35. The van der Waals surface area contributed by atoms with Gasteiger partial charge in [-0.1, -0.05) is 50.6 Å². The molecular formula is C13H19NO. The lowest BCUT2D eigenvalue weighted by molar-refractivity contribution is -0.110. The number of carbonyl (C=O) groups excluding carboxylic acids is 1. The topological polar surface area (TPSA) is 29.1 Å². The summed E-state index contributed by atoms with van der Waals surface area (Å²) in [6.07, 6.45) is 2.03. The zero-order chi connectivity index (χ0) is 11.1. The molecule has 1 aromatic carbocycles. The molecular weight excluding hydrogens is 186 g/mol. The maximum Gasteiger partial charge on any atom is 0.137 e. The predicted molar refractivity (Wildman–Crippen MR) is 62.6 cm³/mol. The van der Waals surface area contributed by atoms with E-state index < -0.39 is 0 Å². The van der Waals surface area contributed by atoms with E-state index >= 15 is 0 Å². The van der Waals surface area contributed by atoms with Crippen LogP contribution < -0.4 is 5.32 Å². The van der Waals surface area contributed by atoms with Crippen molar-refractivity contribution in [3.63, 3.8) is 0 Å². The van der Waals surface area contributed by atoms with Gasteiger partial charge in [0.1, 0.15) is 6.29 Å². The summed E-state index contributed by atoms with van der Waals surface area (Å²) in [6, 6.07) is 10.1. The number of aldehydes is 1. The molecule has 0 radical (unpaired) electrons. The van der Waals surface area contributed by atoms with Crippen LogP contribution in [0, 0.1) is 5.92 Å². The molecule has 1 N–H and O–H groups in total. The lowest BCUT2D eigenvalue weighted by atomic mass is 10.0. The minimum atomic E-state index is -0.0322. The van der Waals surface area contributed by atoms with Gasteiger partial charge in [0.05, 0.1) is 6.04 Å². The van der Waals surface area contributed by atoms with Crippen LogP contribution in [0.3, 0.4) is 0 Å². The number of carbonyl (C=O) groups is 1. The molecule has 82 valence electrons. The van der Waals surface area contributed by atoms with Gasteiger partial charge in [-0.3, -0.25) is 0 Å².